The number of hydrogen-bond acceptors (Lipinski definition) is 3. The molecular formula is C69H137NO3. The smallest absolute Gasteiger partial charge is 0.220 e. The highest BCUT2D eigenvalue weighted by Crippen LogP contribution is 2.20. The van der Waals surface area contributed by atoms with Crippen molar-refractivity contribution in [2.75, 3.05) is 6.61 Å². The molecule has 1 amide bonds. The molecule has 0 saturated heterocycles. The number of amides is 1. The minimum Gasteiger partial charge on any atom is -0.394 e. The largest absolute Gasteiger partial charge is 0.394 e. The minimum absolute atomic E-state index is 0.0531. The van der Waals surface area contributed by atoms with Gasteiger partial charge in [0.15, 0.2) is 0 Å². The molecular weight excluding hydrogens is 891 g/mol. The van der Waals surface area contributed by atoms with Crippen LogP contribution in [-0.2, 0) is 4.79 Å². The predicted octanol–water partition coefficient (Wildman–Crippen LogP) is 23.2. The van der Waals surface area contributed by atoms with E-state index in [1.807, 2.05) is 6.08 Å². The van der Waals surface area contributed by atoms with Crippen molar-refractivity contribution in [1.29, 1.82) is 0 Å². The van der Waals surface area contributed by atoms with Crippen LogP contribution >= 0.6 is 0 Å². The van der Waals surface area contributed by atoms with Crippen LogP contribution in [0.1, 0.15) is 406 Å². The van der Waals surface area contributed by atoms with Gasteiger partial charge in [0, 0.05) is 6.42 Å². The van der Waals surface area contributed by atoms with Crippen LogP contribution in [0.25, 0.3) is 0 Å². The molecule has 4 heteroatoms. The Kier molecular flexibility index (Phi) is 64.6. The highest BCUT2D eigenvalue weighted by Gasteiger charge is 2.18. The van der Waals surface area contributed by atoms with Gasteiger partial charge in [-0.15, -0.1) is 0 Å². The Morgan fingerprint density at radius 1 is 0.315 bits per heavy atom. The standard InChI is InChI=1S/C69H137NO3/c1-3-5-7-9-11-13-15-17-19-21-23-25-27-29-31-33-34-35-37-39-41-43-45-47-49-51-53-55-57-59-61-63-65-69(73)70-67(66-71)68(72)64-62-60-58-56-54-52-50-48-46-44-42-40-38-36-32-30-28-26-24-22-20-18-16-14-12-10-8-6-4-2/h62,64,67-68,71-72H,3-61,63,65-66H2,1-2H3,(H,70,73)/b64-62+. The fourth-order valence-corrected chi connectivity index (χ4v) is 11.3. The monoisotopic (exact) mass is 1030 g/mol. The van der Waals surface area contributed by atoms with E-state index in [1.165, 1.54) is 360 Å². The van der Waals surface area contributed by atoms with E-state index in [0.29, 0.717) is 6.42 Å². The third-order valence-electron chi connectivity index (χ3n) is 16.5. The van der Waals surface area contributed by atoms with Gasteiger partial charge in [-0.3, -0.25) is 4.79 Å². The van der Waals surface area contributed by atoms with Crippen LogP contribution in [0.2, 0.25) is 0 Å². The van der Waals surface area contributed by atoms with E-state index in [1.54, 1.807) is 6.08 Å². The van der Waals surface area contributed by atoms with Gasteiger partial charge in [-0.25, -0.2) is 0 Å². The second kappa shape index (κ2) is 65.4. The lowest BCUT2D eigenvalue weighted by Gasteiger charge is -2.20. The van der Waals surface area contributed by atoms with Crippen LogP contribution in [0.4, 0.5) is 0 Å². The molecule has 0 aromatic heterocycles. The Labute approximate surface area is 460 Å². The summed E-state index contributed by atoms with van der Waals surface area (Å²) in [7, 11) is 0. The summed E-state index contributed by atoms with van der Waals surface area (Å²) in [6.45, 7) is 4.37. The van der Waals surface area contributed by atoms with Gasteiger partial charge in [-0.2, -0.15) is 0 Å². The molecule has 0 aliphatic carbocycles. The molecule has 0 rings (SSSR count). The zero-order valence-electron chi connectivity index (χ0n) is 50.5. The van der Waals surface area contributed by atoms with Crippen molar-refractivity contribution < 1.29 is 15.0 Å². The number of carbonyl (C=O) groups is 1. The van der Waals surface area contributed by atoms with Gasteiger partial charge < -0.3 is 15.5 Å². The maximum absolute atomic E-state index is 12.5. The Balaban J connectivity index is 3.39. The van der Waals surface area contributed by atoms with Gasteiger partial charge in [0.05, 0.1) is 18.8 Å². The molecule has 0 heterocycles. The number of unbranched alkanes of at least 4 members (excludes halogenated alkanes) is 58. The average Bonchev–Trinajstić information content (AvgIpc) is 3.40. The molecule has 0 saturated carbocycles. The van der Waals surface area contributed by atoms with Gasteiger partial charge in [0.25, 0.3) is 0 Å². The molecule has 0 aliphatic rings. The molecule has 73 heavy (non-hydrogen) atoms. The van der Waals surface area contributed by atoms with Crippen molar-refractivity contribution in [3.63, 3.8) is 0 Å². The summed E-state index contributed by atoms with van der Waals surface area (Å²) < 4.78 is 0. The number of aliphatic hydroxyl groups excluding tert-OH is 2. The second-order valence-corrected chi connectivity index (χ2v) is 24.0. The molecule has 2 unspecified atom stereocenters. The Bertz CT molecular complexity index is 1030. The van der Waals surface area contributed by atoms with Gasteiger partial charge in [0.2, 0.25) is 5.91 Å². The van der Waals surface area contributed by atoms with Crippen LogP contribution in [0.5, 0.6) is 0 Å². The van der Waals surface area contributed by atoms with Crippen LogP contribution in [0.15, 0.2) is 12.2 Å². The maximum Gasteiger partial charge on any atom is 0.220 e. The first kappa shape index (κ1) is 72.1. The molecule has 0 radical (unpaired) electrons. The highest BCUT2D eigenvalue weighted by molar-refractivity contribution is 5.76. The summed E-state index contributed by atoms with van der Waals surface area (Å²) in [5.74, 6) is -0.0531. The average molecular weight is 1030 g/mol. The van der Waals surface area contributed by atoms with E-state index in [2.05, 4.69) is 19.2 Å². The number of hydrogen-bond donors (Lipinski definition) is 3. The zero-order chi connectivity index (χ0) is 52.7. The fourth-order valence-electron chi connectivity index (χ4n) is 11.3. The SMILES string of the molecule is CCCCCCCCCCCCCCCCCCCCCCCCCCCCC/C=C/C(O)C(CO)NC(=O)CCCCCCCCCCCCCCCCCCCCCCCCCCCCCCCCCC. The molecule has 0 spiro atoms. The van der Waals surface area contributed by atoms with Gasteiger partial charge in [-0.1, -0.05) is 392 Å². The molecule has 0 fully saturated rings. The molecule has 0 bridgehead atoms. The number of nitrogens with one attached hydrogen (secondary N) is 1. The topological polar surface area (TPSA) is 69.6 Å². The summed E-state index contributed by atoms with van der Waals surface area (Å²) in [5, 5.41) is 23.3. The van der Waals surface area contributed by atoms with Crippen molar-refractivity contribution in [3.8, 4) is 0 Å². The van der Waals surface area contributed by atoms with E-state index >= 15 is 0 Å². The van der Waals surface area contributed by atoms with Crippen LogP contribution < -0.4 is 5.32 Å². The van der Waals surface area contributed by atoms with E-state index in [0.717, 1.165) is 25.7 Å². The summed E-state index contributed by atoms with van der Waals surface area (Å²) in [6.07, 6.45) is 87.3. The third kappa shape index (κ3) is 61.9. The number of aliphatic hydroxyl groups is 2. The predicted molar refractivity (Wildman–Crippen MR) is 327 cm³/mol. The van der Waals surface area contributed by atoms with E-state index < -0.39 is 12.1 Å². The van der Waals surface area contributed by atoms with Gasteiger partial charge >= 0.3 is 0 Å². The van der Waals surface area contributed by atoms with Crippen molar-refractivity contribution in [3.05, 3.63) is 12.2 Å². The number of carbonyl (C=O) groups excluding carboxylic acids is 1. The minimum atomic E-state index is -0.837. The molecule has 4 nitrogen and oxygen atoms in total. The summed E-state index contributed by atoms with van der Waals surface area (Å²) in [4.78, 5) is 12.5. The first-order chi connectivity index (χ1) is 36.2. The molecule has 0 aromatic rings. The number of rotatable bonds is 65. The van der Waals surface area contributed by atoms with Crippen molar-refractivity contribution in [2.24, 2.45) is 0 Å². The van der Waals surface area contributed by atoms with Crippen LogP contribution in [-0.4, -0.2) is 34.9 Å². The molecule has 3 N–H and O–H groups in total. The van der Waals surface area contributed by atoms with E-state index in [-0.39, 0.29) is 12.5 Å². The molecule has 436 valence electrons. The van der Waals surface area contributed by atoms with Crippen molar-refractivity contribution in [2.45, 2.75) is 418 Å². The van der Waals surface area contributed by atoms with E-state index in [4.69, 9.17) is 0 Å². The summed E-state index contributed by atoms with van der Waals surface area (Å²) in [6, 6.07) is -0.620. The molecule has 0 aliphatic heterocycles. The third-order valence-corrected chi connectivity index (χ3v) is 16.5. The Morgan fingerprint density at radius 2 is 0.507 bits per heavy atom. The second-order valence-electron chi connectivity index (χ2n) is 24.0. The first-order valence-corrected chi connectivity index (χ1v) is 34.4. The fraction of sp³-hybridized carbons (Fsp3) is 0.957. The lowest BCUT2D eigenvalue weighted by Crippen LogP contribution is -2.45. The first-order valence-electron chi connectivity index (χ1n) is 34.4. The lowest BCUT2D eigenvalue weighted by molar-refractivity contribution is -0.123. The molecule has 0 aromatic carbocycles. The quantitative estimate of drug-likeness (QED) is 0.0420. The zero-order valence-corrected chi connectivity index (χ0v) is 50.5. The Hall–Kier alpha value is -0.870. The Morgan fingerprint density at radius 3 is 0.712 bits per heavy atom. The van der Waals surface area contributed by atoms with Crippen LogP contribution in [0.3, 0.4) is 0 Å². The van der Waals surface area contributed by atoms with Crippen molar-refractivity contribution >= 4 is 5.91 Å². The maximum atomic E-state index is 12.5. The van der Waals surface area contributed by atoms with Crippen LogP contribution in [0, 0.1) is 0 Å². The van der Waals surface area contributed by atoms with E-state index in [9.17, 15) is 15.0 Å². The molecule has 2 atom stereocenters. The highest BCUT2D eigenvalue weighted by atomic mass is 16.3. The normalized spacial score (nSPS) is 12.7. The lowest BCUT2D eigenvalue weighted by atomic mass is 10.0. The summed E-state index contributed by atoms with van der Waals surface area (Å²) >= 11 is 0. The summed E-state index contributed by atoms with van der Waals surface area (Å²) in [5.41, 5.74) is 0. The van der Waals surface area contributed by atoms with Gasteiger partial charge in [0.1, 0.15) is 0 Å². The number of allylic oxidation sites excluding steroid dienone is 1. The van der Waals surface area contributed by atoms with Gasteiger partial charge in [-0.05, 0) is 19.3 Å². The van der Waals surface area contributed by atoms with Crippen molar-refractivity contribution in [1.82, 2.24) is 5.32 Å².